The number of amides is 1. The molecule has 0 saturated carbocycles. The molecule has 6 nitrogen and oxygen atoms in total. The predicted octanol–water partition coefficient (Wildman–Crippen LogP) is 3.97. The van der Waals surface area contributed by atoms with Crippen molar-refractivity contribution in [1.82, 2.24) is 4.98 Å². The van der Waals surface area contributed by atoms with Gasteiger partial charge in [0.05, 0.1) is 17.3 Å². The number of ether oxygens (including phenoxy) is 2. The van der Waals surface area contributed by atoms with E-state index in [9.17, 15) is 9.59 Å². The molecule has 25 heavy (non-hydrogen) atoms. The van der Waals surface area contributed by atoms with Crippen LogP contribution in [-0.4, -0.2) is 29.6 Å². The summed E-state index contributed by atoms with van der Waals surface area (Å²) in [5.74, 6) is -1.08. The quantitative estimate of drug-likeness (QED) is 0.764. The first-order valence-corrected chi connectivity index (χ1v) is 8.22. The summed E-state index contributed by atoms with van der Waals surface area (Å²) < 4.78 is 10.5. The molecular formula is C17H16Cl2N2O4. The zero-order valence-electron chi connectivity index (χ0n) is 13.6. The Balaban J connectivity index is 2.04. The van der Waals surface area contributed by atoms with Gasteiger partial charge in [0.15, 0.2) is 6.10 Å². The lowest BCUT2D eigenvalue weighted by molar-refractivity contribution is -0.123. The summed E-state index contributed by atoms with van der Waals surface area (Å²) in [6.07, 6.45) is 0.453. The van der Waals surface area contributed by atoms with Gasteiger partial charge in [0.1, 0.15) is 5.56 Å². The van der Waals surface area contributed by atoms with Crippen molar-refractivity contribution in [2.75, 3.05) is 11.9 Å². The zero-order valence-corrected chi connectivity index (χ0v) is 15.1. The largest absolute Gasteiger partial charge is 0.477 e. The van der Waals surface area contributed by atoms with E-state index < -0.39 is 18.0 Å². The van der Waals surface area contributed by atoms with Gasteiger partial charge in [0, 0.05) is 11.2 Å². The van der Waals surface area contributed by atoms with E-state index in [1.54, 1.807) is 25.1 Å². The third kappa shape index (κ3) is 5.08. The van der Waals surface area contributed by atoms with E-state index in [1.807, 2.05) is 0 Å². The van der Waals surface area contributed by atoms with Gasteiger partial charge < -0.3 is 14.8 Å². The number of nitrogens with zero attached hydrogens (tertiary/aromatic N) is 1. The Kier molecular flexibility index (Phi) is 6.61. The van der Waals surface area contributed by atoms with Crippen LogP contribution in [0.1, 0.15) is 24.2 Å². The molecule has 0 saturated heterocycles. The fraction of sp³-hybridized carbons (Fsp3) is 0.235. The van der Waals surface area contributed by atoms with Crippen LogP contribution >= 0.6 is 23.2 Å². The number of hydrogen-bond acceptors (Lipinski definition) is 5. The summed E-state index contributed by atoms with van der Waals surface area (Å²) in [5, 5.41) is 3.31. The molecule has 8 heteroatoms. The molecule has 2 aromatic rings. The van der Waals surface area contributed by atoms with Crippen molar-refractivity contribution in [3.63, 3.8) is 0 Å². The number of nitrogens with one attached hydrogen (secondary N) is 1. The second-order valence-corrected chi connectivity index (χ2v) is 5.79. The van der Waals surface area contributed by atoms with Crippen molar-refractivity contribution in [2.24, 2.45) is 0 Å². The minimum Gasteiger partial charge on any atom is -0.477 e. The number of carbonyl (C=O) groups excluding carboxylic acids is 2. The predicted molar refractivity (Wildman–Crippen MR) is 95.4 cm³/mol. The van der Waals surface area contributed by atoms with E-state index in [-0.39, 0.29) is 16.5 Å². The van der Waals surface area contributed by atoms with Gasteiger partial charge in [-0.15, -0.1) is 0 Å². The van der Waals surface area contributed by atoms with Crippen LogP contribution in [0.4, 0.5) is 5.69 Å². The van der Waals surface area contributed by atoms with Gasteiger partial charge >= 0.3 is 5.97 Å². The van der Waals surface area contributed by atoms with Gasteiger partial charge in [-0.25, -0.2) is 9.78 Å². The fourth-order valence-electron chi connectivity index (χ4n) is 1.90. The van der Waals surface area contributed by atoms with Crippen LogP contribution < -0.4 is 10.1 Å². The molecule has 0 unspecified atom stereocenters. The SMILES string of the molecule is CCOc1ncccc1C(=O)O[C@@H](C)C(=O)Nc1ccc(Cl)cc1Cl. The second-order valence-electron chi connectivity index (χ2n) is 4.95. The van der Waals surface area contributed by atoms with Crippen molar-refractivity contribution in [2.45, 2.75) is 20.0 Å². The Labute approximate surface area is 155 Å². The van der Waals surface area contributed by atoms with Crippen molar-refractivity contribution < 1.29 is 19.1 Å². The van der Waals surface area contributed by atoms with E-state index in [0.717, 1.165) is 0 Å². The van der Waals surface area contributed by atoms with E-state index in [1.165, 1.54) is 25.3 Å². The molecule has 1 aromatic carbocycles. The van der Waals surface area contributed by atoms with Gasteiger partial charge in [-0.05, 0) is 44.2 Å². The van der Waals surface area contributed by atoms with Crippen LogP contribution in [0.3, 0.4) is 0 Å². The normalized spacial score (nSPS) is 11.5. The highest BCUT2D eigenvalue weighted by atomic mass is 35.5. The lowest BCUT2D eigenvalue weighted by Crippen LogP contribution is -2.30. The average Bonchev–Trinajstić information content (AvgIpc) is 2.58. The highest BCUT2D eigenvalue weighted by Gasteiger charge is 2.22. The Bertz CT molecular complexity index is 783. The van der Waals surface area contributed by atoms with Gasteiger partial charge in [0.2, 0.25) is 5.88 Å². The van der Waals surface area contributed by atoms with Crippen molar-refractivity contribution >= 4 is 40.8 Å². The fourth-order valence-corrected chi connectivity index (χ4v) is 2.36. The Morgan fingerprint density at radius 3 is 2.72 bits per heavy atom. The van der Waals surface area contributed by atoms with E-state index in [2.05, 4.69) is 10.3 Å². The van der Waals surface area contributed by atoms with Crippen LogP contribution in [0.2, 0.25) is 10.0 Å². The number of rotatable bonds is 6. The Morgan fingerprint density at radius 2 is 2.04 bits per heavy atom. The lowest BCUT2D eigenvalue weighted by atomic mass is 10.2. The van der Waals surface area contributed by atoms with Crippen molar-refractivity contribution in [1.29, 1.82) is 0 Å². The molecule has 0 aliphatic heterocycles. The number of carbonyl (C=O) groups is 2. The number of halogens is 2. The van der Waals surface area contributed by atoms with Gasteiger partial charge in [-0.1, -0.05) is 23.2 Å². The lowest BCUT2D eigenvalue weighted by Gasteiger charge is -2.15. The third-order valence-electron chi connectivity index (χ3n) is 3.11. The number of pyridine rings is 1. The van der Waals surface area contributed by atoms with E-state index in [0.29, 0.717) is 17.3 Å². The summed E-state index contributed by atoms with van der Waals surface area (Å²) in [7, 11) is 0. The summed E-state index contributed by atoms with van der Waals surface area (Å²) in [6, 6.07) is 7.74. The molecule has 0 spiro atoms. The molecule has 1 atom stereocenters. The van der Waals surface area contributed by atoms with E-state index >= 15 is 0 Å². The maximum absolute atomic E-state index is 12.3. The van der Waals surface area contributed by atoms with Gasteiger partial charge in [0.25, 0.3) is 5.91 Å². The second kappa shape index (κ2) is 8.69. The molecule has 0 bridgehead atoms. The first kappa shape index (κ1) is 19.0. The van der Waals surface area contributed by atoms with E-state index in [4.69, 9.17) is 32.7 Å². The average molecular weight is 383 g/mol. The topological polar surface area (TPSA) is 77.5 Å². The summed E-state index contributed by atoms with van der Waals surface area (Å²) in [6.45, 7) is 3.58. The summed E-state index contributed by atoms with van der Waals surface area (Å²) in [5.41, 5.74) is 0.517. The highest BCUT2D eigenvalue weighted by Crippen LogP contribution is 2.25. The molecule has 0 aliphatic carbocycles. The van der Waals surface area contributed by atoms with Crippen molar-refractivity contribution in [3.05, 3.63) is 52.1 Å². The third-order valence-corrected chi connectivity index (χ3v) is 3.66. The smallest absolute Gasteiger partial charge is 0.344 e. The number of hydrogen-bond donors (Lipinski definition) is 1. The number of aromatic nitrogens is 1. The molecule has 1 aromatic heterocycles. The number of esters is 1. The van der Waals surface area contributed by atoms with Crippen LogP contribution in [-0.2, 0) is 9.53 Å². The Hall–Kier alpha value is -2.31. The minimum atomic E-state index is -1.05. The highest BCUT2D eigenvalue weighted by molar-refractivity contribution is 6.36. The molecule has 132 valence electrons. The first-order valence-electron chi connectivity index (χ1n) is 7.47. The standard InChI is InChI=1S/C17H16Cl2N2O4/c1-3-24-16-12(5-4-8-20-16)17(23)25-10(2)15(22)21-14-7-6-11(18)9-13(14)19/h4-10H,3H2,1-2H3,(H,21,22)/t10-/m0/s1. The summed E-state index contributed by atoms with van der Waals surface area (Å²) >= 11 is 11.8. The van der Waals surface area contributed by atoms with Crippen LogP contribution in [0, 0.1) is 0 Å². The zero-order chi connectivity index (χ0) is 18.4. The maximum Gasteiger partial charge on any atom is 0.344 e. The molecule has 2 rings (SSSR count). The first-order chi connectivity index (χ1) is 11.9. The molecule has 0 aliphatic rings. The van der Waals surface area contributed by atoms with Gasteiger partial charge in [-0.3, -0.25) is 4.79 Å². The van der Waals surface area contributed by atoms with Crippen molar-refractivity contribution in [3.8, 4) is 5.88 Å². The van der Waals surface area contributed by atoms with Crippen LogP contribution in [0.5, 0.6) is 5.88 Å². The van der Waals surface area contributed by atoms with Gasteiger partial charge in [-0.2, -0.15) is 0 Å². The summed E-state index contributed by atoms with van der Waals surface area (Å²) in [4.78, 5) is 28.4. The molecule has 1 heterocycles. The van der Waals surface area contributed by atoms with Crippen LogP contribution in [0.25, 0.3) is 0 Å². The number of benzene rings is 1. The monoisotopic (exact) mass is 382 g/mol. The molecule has 1 N–H and O–H groups in total. The molecule has 0 radical (unpaired) electrons. The molecule has 0 fully saturated rings. The maximum atomic E-state index is 12.3. The number of anilines is 1. The molecular weight excluding hydrogens is 367 g/mol. The molecule has 1 amide bonds. The Morgan fingerprint density at radius 1 is 1.28 bits per heavy atom. The minimum absolute atomic E-state index is 0.147. The van der Waals surface area contributed by atoms with Crippen LogP contribution in [0.15, 0.2) is 36.5 Å².